The zero-order valence-corrected chi connectivity index (χ0v) is 14.2. The third-order valence-corrected chi connectivity index (χ3v) is 3.88. The molecule has 1 aromatic carbocycles. The minimum Gasteiger partial charge on any atom is -0.481 e. The highest BCUT2D eigenvalue weighted by atomic mass is 16.4. The van der Waals surface area contributed by atoms with E-state index in [1.807, 2.05) is 0 Å². The second kappa shape index (κ2) is 7.77. The molecule has 0 unspecified atom stereocenters. The Balaban J connectivity index is 2.41. The lowest BCUT2D eigenvalue weighted by Gasteiger charge is -2.24. The Morgan fingerprint density at radius 3 is 2.42 bits per heavy atom. The van der Waals surface area contributed by atoms with Crippen LogP contribution in [0.25, 0.3) is 10.9 Å². The van der Waals surface area contributed by atoms with E-state index in [9.17, 15) is 19.2 Å². The Morgan fingerprint density at radius 1 is 1.19 bits per heavy atom. The smallest absolute Gasteiger partial charge is 0.326 e. The van der Waals surface area contributed by atoms with Crippen molar-refractivity contribution in [3.05, 3.63) is 40.9 Å². The minimum atomic E-state index is -1.59. The van der Waals surface area contributed by atoms with Crippen LogP contribution in [0.5, 0.6) is 0 Å². The third-order valence-electron chi connectivity index (χ3n) is 3.88. The zero-order chi connectivity index (χ0) is 19.4. The summed E-state index contributed by atoms with van der Waals surface area (Å²) in [5, 5.41) is 20.4. The molecule has 3 N–H and O–H groups in total. The second-order valence-corrected chi connectivity index (χ2v) is 6.16. The summed E-state index contributed by atoms with van der Waals surface area (Å²) in [4.78, 5) is 51.5. The van der Waals surface area contributed by atoms with Gasteiger partial charge in [-0.25, -0.2) is 9.78 Å². The average molecular weight is 361 g/mol. The fourth-order valence-corrected chi connectivity index (χ4v) is 2.66. The molecule has 9 heteroatoms. The number of nitrogens with one attached hydrogen (secondary N) is 1. The summed E-state index contributed by atoms with van der Waals surface area (Å²) in [6, 6.07) is 4.03. The number of para-hydroxylation sites is 1. The van der Waals surface area contributed by atoms with E-state index in [4.69, 9.17) is 10.2 Å². The predicted octanol–water partition coefficient (Wildman–Crippen LogP) is 0.638. The Labute approximate surface area is 148 Å². The summed E-state index contributed by atoms with van der Waals surface area (Å²) in [7, 11) is 0. The molecule has 0 radical (unpaired) electrons. The van der Waals surface area contributed by atoms with Gasteiger partial charge in [0, 0.05) is 0 Å². The number of carboxylic acids is 2. The fourth-order valence-electron chi connectivity index (χ4n) is 2.66. The molecule has 138 valence electrons. The van der Waals surface area contributed by atoms with Crippen LogP contribution in [-0.4, -0.2) is 43.7 Å². The molecule has 0 aliphatic rings. The molecule has 2 rings (SSSR count). The van der Waals surface area contributed by atoms with Crippen molar-refractivity contribution in [2.45, 2.75) is 32.4 Å². The van der Waals surface area contributed by atoms with Gasteiger partial charge in [0.25, 0.3) is 5.56 Å². The highest BCUT2D eigenvalue weighted by molar-refractivity contribution is 5.88. The molecule has 9 nitrogen and oxygen atoms in total. The second-order valence-electron chi connectivity index (χ2n) is 6.16. The molecule has 0 saturated carbocycles. The van der Waals surface area contributed by atoms with Gasteiger partial charge in [-0.3, -0.25) is 19.0 Å². The molecule has 1 aromatic heterocycles. The number of rotatable bonds is 7. The average Bonchev–Trinajstić information content (AvgIpc) is 2.56. The number of aromatic nitrogens is 2. The molecule has 2 aromatic rings. The normalized spacial score (nSPS) is 13.3. The lowest BCUT2D eigenvalue weighted by Crippen LogP contribution is -2.47. The van der Waals surface area contributed by atoms with E-state index >= 15 is 0 Å². The van der Waals surface area contributed by atoms with Gasteiger partial charge in [0.15, 0.2) is 0 Å². The van der Waals surface area contributed by atoms with E-state index in [1.165, 1.54) is 6.33 Å². The van der Waals surface area contributed by atoms with Crippen LogP contribution in [0.2, 0.25) is 0 Å². The van der Waals surface area contributed by atoms with Crippen LogP contribution < -0.4 is 10.9 Å². The summed E-state index contributed by atoms with van der Waals surface area (Å²) in [5.74, 6) is -3.95. The van der Waals surface area contributed by atoms with Crippen molar-refractivity contribution >= 4 is 28.7 Å². The van der Waals surface area contributed by atoms with E-state index in [-0.39, 0.29) is 5.92 Å². The van der Waals surface area contributed by atoms with Crippen LogP contribution >= 0.6 is 0 Å². The zero-order valence-electron chi connectivity index (χ0n) is 14.2. The predicted molar refractivity (Wildman–Crippen MR) is 91.7 cm³/mol. The highest BCUT2D eigenvalue weighted by Gasteiger charge is 2.30. The molecule has 0 bridgehead atoms. The lowest BCUT2D eigenvalue weighted by atomic mass is 10.0. The highest BCUT2D eigenvalue weighted by Crippen LogP contribution is 2.18. The van der Waals surface area contributed by atoms with Gasteiger partial charge in [-0.15, -0.1) is 0 Å². The molecule has 1 amide bonds. The monoisotopic (exact) mass is 361 g/mol. The number of carbonyl (C=O) groups is 3. The van der Waals surface area contributed by atoms with Crippen LogP contribution in [0.3, 0.4) is 0 Å². The summed E-state index contributed by atoms with van der Waals surface area (Å²) < 4.78 is 1.14. The van der Waals surface area contributed by atoms with Gasteiger partial charge in [0.05, 0.1) is 23.7 Å². The van der Waals surface area contributed by atoms with E-state index < -0.39 is 41.9 Å². The quantitative estimate of drug-likeness (QED) is 0.657. The third kappa shape index (κ3) is 4.05. The number of hydrogen-bond acceptors (Lipinski definition) is 5. The maximum Gasteiger partial charge on any atom is 0.326 e. The van der Waals surface area contributed by atoms with Gasteiger partial charge in [-0.05, 0) is 18.1 Å². The lowest BCUT2D eigenvalue weighted by molar-refractivity contribution is -0.147. The van der Waals surface area contributed by atoms with Gasteiger partial charge in [0.2, 0.25) is 5.91 Å². The van der Waals surface area contributed by atoms with Crippen molar-refractivity contribution in [2.75, 3.05) is 0 Å². The number of carbonyl (C=O) groups excluding carboxylic acids is 1. The van der Waals surface area contributed by atoms with Gasteiger partial charge in [0.1, 0.15) is 12.1 Å². The van der Waals surface area contributed by atoms with Gasteiger partial charge >= 0.3 is 11.9 Å². The molecular formula is C17H19N3O6. The van der Waals surface area contributed by atoms with E-state index in [2.05, 4.69) is 10.3 Å². The number of nitrogens with zero attached hydrogens (tertiary/aromatic N) is 2. The maximum absolute atomic E-state index is 12.7. The number of amides is 1. The van der Waals surface area contributed by atoms with Crippen LogP contribution in [-0.2, 0) is 14.4 Å². The number of hydrogen-bond donors (Lipinski definition) is 3. The molecule has 0 saturated heterocycles. The first-order valence-corrected chi connectivity index (χ1v) is 7.93. The molecular weight excluding hydrogens is 342 g/mol. The van der Waals surface area contributed by atoms with Crippen molar-refractivity contribution in [1.29, 1.82) is 0 Å². The van der Waals surface area contributed by atoms with Crippen molar-refractivity contribution in [2.24, 2.45) is 5.92 Å². The largest absolute Gasteiger partial charge is 0.481 e. The Bertz CT molecular complexity index is 905. The molecule has 2 atom stereocenters. The Kier molecular flexibility index (Phi) is 5.71. The molecule has 0 aliphatic heterocycles. The van der Waals surface area contributed by atoms with Crippen molar-refractivity contribution in [3.63, 3.8) is 0 Å². The SMILES string of the molecule is CC(C)[C@@H](C(=O)N[C@@H](CC(=O)O)C(=O)O)n1cnc2ccccc2c1=O. The summed E-state index contributed by atoms with van der Waals surface area (Å²) >= 11 is 0. The Hall–Kier alpha value is -3.23. The topological polar surface area (TPSA) is 139 Å². The van der Waals surface area contributed by atoms with Crippen molar-refractivity contribution in [1.82, 2.24) is 14.9 Å². The minimum absolute atomic E-state index is 0.328. The van der Waals surface area contributed by atoms with Crippen LogP contribution in [0.4, 0.5) is 0 Å². The van der Waals surface area contributed by atoms with E-state index in [1.54, 1.807) is 38.1 Å². The first-order valence-electron chi connectivity index (χ1n) is 7.93. The maximum atomic E-state index is 12.7. The summed E-state index contributed by atoms with van der Waals surface area (Å²) in [5.41, 5.74) is 0.0421. The van der Waals surface area contributed by atoms with Gasteiger partial charge in [-0.1, -0.05) is 26.0 Å². The van der Waals surface area contributed by atoms with Crippen molar-refractivity contribution in [3.8, 4) is 0 Å². The molecule has 0 fully saturated rings. The number of fused-ring (bicyclic) bond motifs is 1. The molecule has 26 heavy (non-hydrogen) atoms. The van der Waals surface area contributed by atoms with Crippen LogP contribution in [0.1, 0.15) is 26.3 Å². The van der Waals surface area contributed by atoms with Crippen LogP contribution in [0, 0.1) is 5.92 Å². The number of carboxylic acid groups (broad SMARTS) is 2. The Morgan fingerprint density at radius 2 is 1.85 bits per heavy atom. The fraction of sp³-hybridized carbons (Fsp3) is 0.353. The molecule has 0 spiro atoms. The van der Waals surface area contributed by atoms with Crippen LogP contribution in [0.15, 0.2) is 35.4 Å². The molecule has 0 aliphatic carbocycles. The van der Waals surface area contributed by atoms with E-state index in [0.717, 1.165) is 4.57 Å². The number of aliphatic carboxylic acids is 2. The summed E-state index contributed by atoms with van der Waals surface area (Å²) in [6.07, 6.45) is 0.471. The molecule has 1 heterocycles. The van der Waals surface area contributed by atoms with Gasteiger partial charge < -0.3 is 15.5 Å². The first-order chi connectivity index (χ1) is 12.2. The van der Waals surface area contributed by atoms with Gasteiger partial charge in [-0.2, -0.15) is 0 Å². The summed E-state index contributed by atoms with van der Waals surface area (Å²) in [6.45, 7) is 3.39. The van der Waals surface area contributed by atoms with E-state index in [0.29, 0.717) is 10.9 Å². The standard InChI is InChI=1S/C17H19N3O6/c1-9(2)14(15(23)19-12(17(25)26)7-13(21)22)20-8-18-11-6-4-3-5-10(11)16(20)24/h3-6,8-9,12,14H,7H2,1-2H3,(H,19,23)(H,21,22)(H,25,26)/t12-,14-/m0/s1. The first kappa shape index (κ1) is 19.1. The number of benzene rings is 1. The van der Waals surface area contributed by atoms with Crippen molar-refractivity contribution < 1.29 is 24.6 Å².